The summed E-state index contributed by atoms with van der Waals surface area (Å²) in [6.45, 7) is 9.36. The molecule has 0 heterocycles. The first-order valence-corrected chi connectivity index (χ1v) is 27.5. The van der Waals surface area contributed by atoms with Gasteiger partial charge in [0.25, 0.3) is 0 Å². The lowest BCUT2D eigenvalue weighted by atomic mass is 9.12. The maximum atomic E-state index is 15.4. The Kier molecular flexibility index (Phi) is 27.2. The molecule has 5 aromatic rings. The second-order valence-corrected chi connectivity index (χ2v) is 20.4. The average molecular weight is 1180 g/mol. The Morgan fingerprint density at radius 1 is 0.259 bits per heavy atom. The molecule has 5 aromatic carbocycles. The topological polar surface area (TPSA) is 3.24 Å². The van der Waals surface area contributed by atoms with Gasteiger partial charge in [0, 0.05) is 18.8 Å². The summed E-state index contributed by atoms with van der Waals surface area (Å²) >= 11 is 0. The molecule has 5 rings (SSSR count). The number of rotatable bonds is 31. The van der Waals surface area contributed by atoms with Crippen molar-refractivity contribution in [2.24, 2.45) is 0 Å². The van der Waals surface area contributed by atoms with Gasteiger partial charge in [-0.25, -0.2) is 87.8 Å². The minimum atomic E-state index is -7.22. The van der Waals surface area contributed by atoms with E-state index < -0.39 is 144 Å². The van der Waals surface area contributed by atoms with Crippen LogP contribution in [0.25, 0.3) is 0 Å². The van der Waals surface area contributed by atoms with Crippen LogP contribution in [0.15, 0.2) is 24.3 Å². The van der Waals surface area contributed by atoms with Crippen molar-refractivity contribution in [3.05, 3.63) is 146 Å². The molecule has 81 heavy (non-hydrogen) atoms. The molecular weight excluding hydrogens is 1110 g/mol. The van der Waals surface area contributed by atoms with Gasteiger partial charge in [-0.1, -0.05) is 173 Å². The van der Waals surface area contributed by atoms with E-state index in [1.54, 1.807) is 0 Å². The number of nitrogens with zero attached hydrogens (tertiary/aromatic N) is 1. The van der Waals surface area contributed by atoms with Crippen LogP contribution in [0.2, 0.25) is 0 Å². The molecule has 0 amide bonds. The van der Waals surface area contributed by atoms with Crippen molar-refractivity contribution >= 4 is 33.7 Å². The van der Waals surface area contributed by atoms with Gasteiger partial charge in [-0.3, -0.25) is 0 Å². The van der Waals surface area contributed by atoms with Gasteiger partial charge in [-0.05, 0) is 31.4 Å². The maximum Gasteiger partial charge on any atom is 0.200 e. The predicted molar refractivity (Wildman–Crippen MR) is 275 cm³/mol. The van der Waals surface area contributed by atoms with Crippen LogP contribution in [-0.4, -0.2) is 19.2 Å². The molecule has 0 saturated heterocycles. The zero-order chi connectivity index (χ0) is 60.3. The van der Waals surface area contributed by atoms with E-state index in [1.165, 1.54) is 178 Å². The highest BCUT2D eigenvalue weighted by Crippen LogP contribution is 2.31. The molecule has 0 saturated carbocycles. The van der Waals surface area contributed by atoms with Gasteiger partial charge in [0.2, 0.25) is 0 Å². The van der Waals surface area contributed by atoms with E-state index >= 15 is 35.1 Å². The fourth-order valence-electron chi connectivity index (χ4n) is 10.4. The molecule has 450 valence electrons. The van der Waals surface area contributed by atoms with Gasteiger partial charge in [-0.2, -0.15) is 0 Å². The maximum absolute atomic E-state index is 15.4. The van der Waals surface area contributed by atoms with Gasteiger partial charge in [0.05, 0.1) is 0 Å². The molecule has 0 unspecified atom stereocenters. The second-order valence-electron chi connectivity index (χ2n) is 20.4. The summed E-state index contributed by atoms with van der Waals surface area (Å²) < 4.78 is 294. The monoisotopic (exact) mass is 1180 g/mol. The van der Waals surface area contributed by atoms with Crippen molar-refractivity contribution in [3.8, 4) is 0 Å². The molecule has 0 atom stereocenters. The molecule has 0 aromatic heterocycles. The van der Waals surface area contributed by atoms with Gasteiger partial charge in [0.1, 0.15) is 52.7 Å². The van der Waals surface area contributed by atoms with Crippen LogP contribution in [-0.2, 0) is 0 Å². The van der Waals surface area contributed by atoms with Gasteiger partial charge in [-0.15, -0.1) is 21.9 Å². The molecule has 0 aliphatic carbocycles. The van der Waals surface area contributed by atoms with E-state index in [9.17, 15) is 52.7 Å². The van der Waals surface area contributed by atoms with Gasteiger partial charge < -0.3 is 4.90 Å². The van der Waals surface area contributed by atoms with Crippen molar-refractivity contribution in [2.45, 2.75) is 175 Å². The number of para-hydroxylation sites is 1. The summed E-state index contributed by atoms with van der Waals surface area (Å²) in [4.78, 5) is 2.69. The molecule has 0 aliphatic rings. The van der Waals surface area contributed by atoms with Gasteiger partial charge >= 0.3 is 0 Å². The summed E-state index contributed by atoms with van der Waals surface area (Å²) in [5, 5.41) is 0. The summed E-state index contributed by atoms with van der Waals surface area (Å²) in [5.74, 6) is -71.4. The zero-order valence-corrected chi connectivity index (χ0v) is 45.3. The number of hydrogen-bond acceptors (Lipinski definition) is 1. The van der Waals surface area contributed by atoms with Crippen LogP contribution in [0, 0.1) is 123 Å². The number of hydrogen-bond donors (Lipinski definition) is 0. The number of benzene rings is 5. The minimum Gasteiger partial charge on any atom is -0.371 e. The summed E-state index contributed by atoms with van der Waals surface area (Å²) in [7, 11) is 0. The quantitative estimate of drug-likeness (QED) is 0.0141. The number of halogens is 20. The Labute approximate surface area is 459 Å². The molecule has 0 fully saturated rings. The third kappa shape index (κ3) is 15.8. The molecule has 22 heteroatoms. The standard InChI is InChI=1S/C35H65N.C24BF20/c1-4-6-8-10-12-14-15-16-17-18-19-20-21-23-25-29-33-36(35-31-27-26-30-34(35)3)32-28-24-22-13-11-9-7-5-2;26-5-1(6(27)14(35)21(42)13(5)34)25(2-7(28)15(36)22(43)16(37)8(2)29,3-9(30)17(38)23(44)18(39)10(3)31)4-11(32)19(40)24(45)20(41)12(4)33/h26-27,30-31H,4-25,28-29,32-33H2,1-3H3;/q;-1. The molecule has 0 spiro atoms. The summed E-state index contributed by atoms with van der Waals surface area (Å²) in [6.07, 6.45) is 27.1. The van der Waals surface area contributed by atoms with Crippen molar-refractivity contribution in [1.29, 1.82) is 0 Å². The third-order valence-electron chi connectivity index (χ3n) is 14.7. The molecule has 0 aliphatic heterocycles. The zero-order valence-electron chi connectivity index (χ0n) is 45.3. The predicted octanol–water partition coefficient (Wildman–Crippen LogP) is 18.0. The SMILES string of the molecule is CCCCCCCCCCCCCCCCCCN(CCCCCCCCCC)c1ccccc1C.Fc1c(F)c(F)c([B-](c2c(F)c(F)c(F)c(F)c2F)(c2c(F)c(F)c(F)c(F)c2F)c2c(F)c(F)c(F)c(F)c2F)c(F)c1F. The molecule has 0 N–H and O–H groups in total. The highest BCUT2D eigenvalue weighted by Gasteiger charge is 2.52. The lowest BCUT2D eigenvalue weighted by Crippen LogP contribution is -2.81. The van der Waals surface area contributed by atoms with Crippen LogP contribution < -0.4 is 26.8 Å². The molecular formula is C59H65BF20N-. The van der Waals surface area contributed by atoms with E-state index in [0.717, 1.165) is 0 Å². The number of aryl methyl sites for hydroxylation is 1. The van der Waals surface area contributed by atoms with Crippen molar-refractivity contribution in [1.82, 2.24) is 0 Å². The van der Waals surface area contributed by atoms with Crippen molar-refractivity contribution < 1.29 is 87.8 Å². The van der Waals surface area contributed by atoms with Crippen molar-refractivity contribution in [2.75, 3.05) is 18.0 Å². The Morgan fingerprint density at radius 3 is 0.654 bits per heavy atom. The van der Waals surface area contributed by atoms with Crippen LogP contribution >= 0.6 is 0 Å². The normalized spacial score (nSPS) is 11.7. The Hall–Kier alpha value is -5.44. The number of anilines is 1. The number of unbranched alkanes of at least 4 members (excludes halogenated alkanes) is 22. The van der Waals surface area contributed by atoms with E-state index in [-0.39, 0.29) is 0 Å². The molecule has 1 nitrogen and oxygen atoms in total. The first kappa shape index (κ1) is 68.1. The van der Waals surface area contributed by atoms with E-state index in [1.807, 2.05) is 0 Å². The first-order chi connectivity index (χ1) is 38.5. The van der Waals surface area contributed by atoms with Crippen LogP contribution in [0.3, 0.4) is 0 Å². The van der Waals surface area contributed by atoms with E-state index in [0.29, 0.717) is 0 Å². The Balaban J connectivity index is 0.000000358. The third-order valence-corrected chi connectivity index (χ3v) is 14.7. The van der Waals surface area contributed by atoms with Crippen LogP contribution in [0.1, 0.15) is 174 Å². The lowest BCUT2D eigenvalue weighted by Gasteiger charge is -2.44. The highest BCUT2D eigenvalue weighted by molar-refractivity contribution is 7.20. The minimum absolute atomic E-state index is 1.23. The highest BCUT2D eigenvalue weighted by atomic mass is 19.2. The Morgan fingerprint density at radius 2 is 0.444 bits per heavy atom. The summed E-state index contributed by atoms with van der Waals surface area (Å²) in [6, 6.07) is 9.02. The molecule has 0 bridgehead atoms. The van der Waals surface area contributed by atoms with Crippen molar-refractivity contribution in [3.63, 3.8) is 0 Å². The average Bonchev–Trinajstić information content (AvgIpc) is 2.49. The summed E-state index contributed by atoms with van der Waals surface area (Å²) in [5.41, 5.74) is -11.4. The van der Waals surface area contributed by atoms with E-state index in [2.05, 4.69) is 49.9 Å². The molecule has 0 radical (unpaired) electrons. The second kappa shape index (κ2) is 32.4. The van der Waals surface area contributed by atoms with Crippen LogP contribution in [0.4, 0.5) is 93.5 Å². The van der Waals surface area contributed by atoms with E-state index in [4.69, 9.17) is 0 Å². The fraction of sp³-hybridized carbons (Fsp3) is 0.492. The Bertz CT molecular complexity index is 2480. The first-order valence-electron chi connectivity index (χ1n) is 27.5. The van der Waals surface area contributed by atoms with Crippen LogP contribution in [0.5, 0.6) is 0 Å². The van der Waals surface area contributed by atoms with Gasteiger partial charge in [0.15, 0.2) is 69.8 Å². The smallest absolute Gasteiger partial charge is 0.200 e. The lowest BCUT2D eigenvalue weighted by molar-refractivity contribution is 0.378. The fourth-order valence-corrected chi connectivity index (χ4v) is 10.4. The largest absolute Gasteiger partial charge is 0.371 e.